The van der Waals surface area contributed by atoms with E-state index in [9.17, 15) is 13.2 Å². The number of benzene rings is 2. The highest BCUT2D eigenvalue weighted by atomic mass is 19.4. The predicted octanol–water partition coefficient (Wildman–Crippen LogP) is 5.33. The maximum Gasteiger partial charge on any atom is 0.416 e. The van der Waals surface area contributed by atoms with Gasteiger partial charge in [-0.05, 0) is 29.3 Å². The Morgan fingerprint density at radius 2 is 1.73 bits per heavy atom. The first-order chi connectivity index (χ1) is 10.5. The van der Waals surface area contributed by atoms with Crippen molar-refractivity contribution in [3.8, 4) is 6.07 Å². The van der Waals surface area contributed by atoms with Gasteiger partial charge in [-0.2, -0.15) is 18.4 Å². The van der Waals surface area contributed by atoms with Gasteiger partial charge in [0.25, 0.3) is 0 Å². The molecule has 0 bridgehead atoms. The second kappa shape index (κ2) is 6.77. The van der Waals surface area contributed by atoms with Crippen molar-refractivity contribution in [2.45, 2.75) is 6.18 Å². The molecular formula is C18H12F3N. The molecular weight excluding hydrogens is 287 g/mol. The maximum absolute atomic E-state index is 12.7. The molecule has 0 N–H and O–H groups in total. The molecule has 110 valence electrons. The van der Waals surface area contributed by atoms with Crippen molar-refractivity contribution < 1.29 is 13.2 Å². The molecule has 4 heteroatoms. The molecule has 0 aliphatic rings. The van der Waals surface area contributed by atoms with Gasteiger partial charge in [-0.1, -0.05) is 54.6 Å². The van der Waals surface area contributed by atoms with Gasteiger partial charge in [0.2, 0.25) is 0 Å². The third-order valence-electron chi connectivity index (χ3n) is 2.97. The molecule has 0 aliphatic carbocycles. The molecule has 2 rings (SSSR count). The number of nitrogens with zero attached hydrogens (tertiary/aromatic N) is 1. The lowest BCUT2D eigenvalue weighted by Gasteiger charge is -2.07. The Kier molecular flexibility index (Phi) is 4.80. The Balaban J connectivity index is 2.27. The van der Waals surface area contributed by atoms with E-state index in [4.69, 9.17) is 5.26 Å². The van der Waals surface area contributed by atoms with Crippen LogP contribution in [0.1, 0.15) is 16.7 Å². The molecule has 0 amide bonds. The number of halogens is 3. The van der Waals surface area contributed by atoms with Crippen molar-refractivity contribution in [2.75, 3.05) is 0 Å². The molecule has 22 heavy (non-hydrogen) atoms. The summed E-state index contributed by atoms with van der Waals surface area (Å²) in [6.45, 7) is 0. The summed E-state index contributed by atoms with van der Waals surface area (Å²) in [5, 5.41) is 9.14. The van der Waals surface area contributed by atoms with E-state index < -0.39 is 11.7 Å². The van der Waals surface area contributed by atoms with Gasteiger partial charge in [-0.15, -0.1) is 0 Å². The molecule has 0 spiro atoms. The molecule has 0 atom stereocenters. The van der Waals surface area contributed by atoms with Crippen LogP contribution in [-0.2, 0) is 6.18 Å². The standard InChI is InChI=1S/C18H12F3N/c19-18(20,21)17-11-5-9-15(12-17)16(13-22)10-4-8-14-6-2-1-3-7-14/h1-12H/b8-4+,16-10-. The Bertz CT molecular complexity index is 735. The Morgan fingerprint density at radius 1 is 1.00 bits per heavy atom. The van der Waals surface area contributed by atoms with E-state index in [1.807, 2.05) is 36.4 Å². The van der Waals surface area contributed by atoms with Crippen LogP contribution in [0.4, 0.5) is 13.2 Å². The first-order valence-corrected chi connectivity index (χ1v) is 6.52. The zero-order chi connectivity index (χ0) is 16.0. The number of hydrogen-bond acceptors (Lipinski definition) is 1. The second-order valence-corrected chi connectivity index (χ2v) is 4.54. The molecule has 2 aromatic carbocycles. The summed E-state index contributed by atoms with van der Waals surface area (Å²) in [4.78, 5) is 0. The summed E-state index contributed by atoms with van der Waals surface area (Å²) in [5.41, 5.74) is 0.603. The maximum atomic E-state index is 12.7. The minimum Gasteiger partial charge on any atom is -0.192 e. The highest BCUT2D eigenvalue weighted by Crippen LogP contribution is 2.30. The van der Waals surface area contributed by atoms with Gasteiger partial charge in [-0.25, -0.2) is 0 Å². The van der Waals surface area contributed by atoms with E-state index in [2.05, 4.69) is 0 Å². The van der Waals surface area contributed by atoms with Crippen LogP contribution < -0.4 is 0 Å². The monoisotopic (exact) mass is 299 g/mol. The third kappa shape index (κ3) is 4.10. The van der Waals surface area contributed by atoms with Crippen molar-refractivity contribution in [1.29, 1.82) is 5.26 Å². The highest BCUT2D eigenvalue weighted by molar-refractivity contribution is 5.79. The minimum atomic E-state index is -4.42. The number of alkyl halides is 3. The molecule has 0 heterocycles. The van der Waals surface area contributed by atoms with Crippen molar-refractivity contribution in [1.82, 2.24) is 0 Å². The molecule has 0 aliphatic heterocycles. The van der Waals surface area contributed by atoms with Gasteiger partial charge in [0.1, 0.15) is 0 Å². The first-order valence-electron chi connectivity index (χ1n) is 6.52. The second-order valence-electron chi connectivity index (χ2n) is 4.54. The van der Waals surface area contributed by atoms with Gasteiger partial charge in [-0.3, -0.25) is 0 Å². The smallest absolute Gasteiger partial charge is 0.192 e. The number of hydrogen-bond donors (Lipinski definition) is 0. The molecule has 0 saturated carbocycles. The molecule has 0 unspecified atom stereocenters. The lowest BCUT2D eigenvalue weighted by molar-refractivity contribution is -0.137. The highest BCUT2D eigenvalue weighted by Gasteiger charge is 2.30. The SMILES string of the molecule is N#C/C(=C/C=C/c1ccccc1)c1cccc(C(F)(F)F)c1. The summed E-state index contributed by atoms with van der Waals surface area (Å²) in [5.74, 6) is 0. The van der Waals surface area contributed by atoms with Crippen molar-refractivity contribution >= 4 is 11.6 Å². The van der Waals surface area contributed by atoms with E-state index in [0.29, 0.717) is 0 Å². The minimum absolute atomic E-state index is 0.179. The fourth-order valence-corrected chi connectivity index (χ4v) is 1.88. The number of allylic oxidation sites excluding steroid dienone is 3. The van der Waals surface area contributed by atoms with E-state index in [-0.39, 0.29) is 11.1 Å². The number of rotatable bonds is 3. The van der Waals surface area contributed by atoms with Crippen LogP contribution in [0.25, 0.3) is 11.6 Å². The van der Waals surface area contributed by atoms with Gasteiger partial charge in [0, 0.05) is 0 Å². The van der Waals surface area contributed by atoms with Crippen LogP contribution in [0.15, 0.2) is 66.7 Å². The third-order valence-corrected chi connectivity index (χ3v) is 2.97. The van der Waals surface area contributed by atoms with Crippen molar-refractivity contribution in [3.63, 3.8) is 0 Å². The molecule has 0 radical (unpaired) electrons. The molecule has 0 saturated heterocycles. The van der Waals surface area contributed by atoms with Gasteiger partial charge >= 0.3 is 6.18 Å². The van der Waals surface area contributed by atoms with Crippen LogP contribution in [0.5, 0.6) is 0 Å². The van der Waals surface area contributed by atoms with Gasteiger partial charge in [0.15, 0.2) is 0 Å². The van der Waals surface area contributed by atoms with E-state index in [1.54, 1.807) is 12.2 Å². The van der Waals surface area contributed by atoms with Gasteiger partial charge in [0.05, 0.1) is 17.2 Å². The van der Waals surface area contributed by atoms with Crippen LogP contribution in [-0.4, -0.2) is 0 Å². The average molecular weight is 299 g/mol. The normalized spacial score (nSPS) is 12.4. The van der Waals surface area contributed by atoms with Crippen molar-refractivity contribution in [3.05, 3.63) is 83.4 Å². The summed E-state index contributed by atoms with van der Waals surface area (Å²) in [7, 11) is 0. The molecule has 0 aromatic heterocycles. The summed E-state index contributed by atoms with van der Waals surface area (Å²) < 4.78 is 38.1. The summed E-state index contributed by atoms with van der Waals surface area (Å²) in [6, 6.07) is 16.1. The van der Waals surface area contributed by atoms with Crippen molar-refractivity contribution in [2.24, 2.45) is 0 Å². The molecule has 2 aromatic rings. The van der Waals surface area contributed by atoms with Crippen LogP contribution in [0.2, 0.25) is 0 Å². The lowest BCUT2D eigenvalue weighted by Crippen LogP contribution is -2.04. The van der Waals surface area contributed by atoms with E-state index in [1.165, 1.54) is 18.2 Å². The Morgan fingerprint density at radius 3 is 2.36 bits per heavy atom. The lowest BCUT2D eigenvalue weighted by atomic mass is 10.0. The fraction of sp³-hybridized carbons (Fsp3) is 0.0556. The first kappa shape index (κ1) is 15.6. The van der Waals surface area contributed by atoms with Crippen LogP contribution >= 0.6 is 0 Å². The fourth-order valence-electron chi connectivity index (χ4n) is 1.88. The predicted molar refractivity (Wildman–Crippen MR) is 80.5 cm³/mol. The van der Waals surface area contributed by atoms with E-state index in [0.717, 1.165) is 17.7 Å². The Labute approximate surface area is 126 Å². The van der Waals surface area contributed by atoms with Crippen LogP contribution in [0, 0.1) is 11.3 Å². The summed E-state index contributed by atoms with van der Waals surface area (Å²) in [6.07, 6.45) is 0.512. The largest absolute Gasteiger partial charge is 0.416 e. The summed E-state index contributed by atoms with van der Waals surface area (Å²) >= 11 is 0. The van der Waals surface area contributed by atoms with Crippen LogP contribution in [0.3, 0.4) is 0 Å². The average Bonchev–Trinajstić information content (AvgIpc) is 2.52. The number of nitriles is 1. The zero-order valence-corrected chi connectivity index (χ0v) is 11.5. The Hall–Kier alpha value is -2.80. The quantitative estimate of drug-likeness (QED) is 0.555. The van der Waals surface area contributed by atoms with Gasteiger partial charge < -0.3 is 0 Å². The molecule has 1 nitrogen and oxygen atoms in total. The zero-order valence-electron chi connectivity index (χ0n) is 11.5. The topological polar surface area (TPSA) is 23.8 Å². The molecule has 0 fully saturated rings. The van der Waals surface area contributed by atoms with E-state index >= 15 is 0 Å².